The van der Waals surface area contributed by atoms with Crippen molar-refractivity contribution in [3.05, 3.63) is 11.8 Å². The third kappa shape index (κ3) is 3.76. The molecule has 0 spiro atoms. The molecule has 0 aromatic rings. The third-order valence-corrected chi connectivity index (χ3v) is 3.78. The van der Waals surface area contributed by atoms with Gasteiger partial charge in [0, 0.05) is 30.8 Å². The number of nitrogens with zero attached hydrogens (tertiary/aromatic N) is 1. The van der Waals surface area contributed by atoms with Crippen LogP contribution < -0.4 is 0 Å². The maximum atomic E-state index is 11.7. The van der Waals surface area contributed by atoms with Crippen molar-refractivity contribution in [2.45, 2.75) is 59.5 Å². The van der Waals surface area contributed by atoms with Crippen LogP contribution in [0, 0.1) is 5.92 Å². The lowest BCUT2D eigenvalue weighted by molar-refractivity contribution is -0.147. The van der Waals surface area contributed by atoms with Crippen molar-refractivity contribution in [2.75, 3.05) is 13.1 Å². The lowest BCUT2D eigenvalue weighted by Crippen LogP contribution is -2.38. The molecular weight excluding hydrogens is 226 g/mol. The SMILES string of the molecule is CCCCCC1OC(=O)C=C(N(CC)CC)C1C. The van der Waals surface area contributed by atoms with Crippen LogP contribution in [0.5, 0.6) is 0 Å². The van der Waals surface area contributed by atoms with Crippen LogP contribution in [-0.4, -0.2) is 30.1 Å². The number of hydrogen-bond acceptors (Lipinski definition) is 3. The second-order valence-corrected chi connectivity index (χ2v) is 5.00. The van der Waals surface area contributed by atoms with E-state index in [1.807, 2.05) is 0 Å². The largest absolute Gasteiger partial charge is 0.458 e. The first-order chi connectivity index (χ1) is 8.63. The van der Waals surface area contributed by atoms with Crippen molar-refractivity contribution >= 4 is 5.97 Å². The highest BCUT2D eigenvalue weighted by Crippen LogP contribution is 2.28. The predicted molar refractivity (Wildman–Crippen MR) is 74.2 cm³/mol. The molecule has 0 saturated heterocycles. The van der Waals surface area contributed by atoms with Crippen molar-refractivity contribution < 1.29 is 9.53 Å². The van der Waals surface area contributed by atoms with Gasteiger partial charge in [-0.15, -0.1) is 0 Å². The Hall–Kier alpha value is -0.990. The highest BCUT2D eigenvalue weighted by molar-refractivity contribution is 5.84. The minimum Gasteiger partial charge on any atom is -0.458 e. The number of unbranched alkanes of at least 4 members (excludes halogenated alkanes) is 2. The normalized spacial score (nSPS) is 23.6. The van der Waals surface area contributed by atoms with Gasteiger partial charge in [-0.3, -0.25) is 0 Å². The van der Waals surface area contributed by atoms with Crippen molar-refractivity contribution in [1.82, 2.24) is 4.90 Å². The van der Waals surface area contributed by atoms with Crippen molar-refractivity contribution in [1.29, 1.82) is 0 Å². The zero-order chi connectivity index (χ0) is 13.5. The van der Waals surface area contributed by atoms with Gasteiger partial charge in [0.15, 0.2) is 0 Å². The Labute approximate surface area is 111 Å². The number of esters is 1. The molecule has 0 aromatic carbocycles. The van der Waals surface area contributed by atoms with Crippen LogP contribution in [0.3, 0.4) is 0 Å². The maximum Gasteiger partial charge on any atom is 0.332 e. The Morgan fingerprint density at radius 2 is 1.89 bits per heavy atom. The first-order valence-corrected chi connectivity index (χ1v) is 7.31. The number of hydrogen-bond donors (Lipinski definition) is 0. The lowest BCUT2D eigenvalue weighted by Gasteiger charge is -2.36. The van der Waals surface area contributed by atoms with Gasteiger partial charge in [-0.05, 0) is 26.7 Å². The number of cyclic esters (lactones) is 1. The fourth-order valence-corrected chi connectivity index (χ4v) is 2.60. The summed E-state index contributed by atoms with van der Waals surface area (Å²) in [5, 5.41) is 0. The first-order valence-electron chi connectivity index (χ1n) is 7.31. The number of rotatable bonds is 7. The molecule has 3 heteroatoms. The predicted octanol–water partition coefficient (Wildman–Crippen LogP) is 3.35. The molecule has 0 radical (unpaired) electrons. The first kappa shape index (κ1) is 15.1. The molecule has 1 aliphatic heterocycles. The summed E-state index contributed by atoms with van der Waals surface area (Å²) in [4.78, 5) is 13.9. The number of carbonyl (C=O) groups excluding carboxylic acids is 1. The molecule has 104 valence electrons. The molecular formula is C15H27NO2. The third-order valence-electron chi connectivity index (χ3n) is 3.78. The molecule has 2 atom stereocenters. The van der Waals surface area contributed by atoms with E-state index in [4.69, 9.17) is 4.74 Å². The van der Waals surface area contributed by atoms with E-state index in [2.05, 4.69) is 32.6 Å². The van der Waals surface area contributed by atoms with Gasteiger partial charge < -0.3 is 9.64 Å². The molecule has 0 aromatic heterocycles. The second-order valence-electron chi connectivity index (χ2n) is 5.00. The Morgan fingerprint density at radius 1 is 1.22 bits per heavy atom. The Balaban J connectivity index is 2.70. The number of carbonyl (C=O) groups is 1. The molecule has 0 bridgehead atoms. The van der Waals surface area contributed by atoms with Crippen LogP contribution in [-0.2, 0) is 9.53 Å². The van der Waals surface area contributed by atoms with Crippen LogP contribution in [0.4, 0.5) is 0 Å². The van der Waals surface area contributed by atoms with E-state index >= 15 is 0 Å². The average molecular weight is 253 g/mol. The van der Waals surface area contributed by atoms with Crippen LogP contribution in [0.1, 0.15) is 53.4 Å². The van der Waals surface area contributed by atoms with Crippen LogP contribution >= 0.6 is 0 Å². The summed E-state index contributed by atoms with van der Waals surface area (Å²) in [7, 11) is 0. The second kappa shape index (κ2) is 7.45. The van der Waals surface area contributed by atoms with Gasteiger partial charge in [0.05, 0.1) is 0 Å². The summed E-state index contributed by atoms with van der Waals surface area (Å²) in [6, 6.07) is 0. The molecule has 1 aliphatic rings. The molecule has 18 heavy (non-hydrogen) atoms. The van der Waals surface area contributed by atoms with Gasteiger partial charge in [-0.1, -0.05) is 26.7 Å². The number of ether oxygens (including phenoxy) is 1. The van der Waals surface area contributed by atoms with Crippen LogP contribution in [0.2, 0.25) is 0 Å². The van der Waals surface area contributed by atoms with E-state index in [0.717, 1.165) is 31.6 Å². The fourth-order valence-electron chi connectivity index (χ4n) is 2.60. The highest BCUT2D eigenvalue weighted by Gasteiger charge is 2.30. The van der Waals surface area contributed by atoms with Gasteiger partial charge in [0.2, 0.25) is 0 Å². The summed E-state index contributed by atoms with van der Waals surface area (Å²) >= 11 is 0. The highest BCUT2D eigenvalue weighted by atomic mass is 16.5. The zero-order valence-electron chi connectivity index (χ0n) is 12.2. The van der Waals surface area contributed by atoms with Crippen molar-refractivity contribution in [3.63, 3.8) is 0 Å². The standard InChI is InChI=1S/C15H27NO2/c1-5-8-9-10-14-12(4)13(11-15(17)18-14)16(6-2)7-3/h11-12,14H,5-10H2,1-4H3. The van der Waals surface area contributed by atoms with Crippen molar-refractivity contribution in [3.8, 4) is 0 Å². The van der Waals surface area contributed by atoms with Crippen LogP contribution in [0.25, 0.3) is 0 Å². The molecule has 0 saturated carbocycles. The van der Waals surface area contributed by atoms with Gasteiger partial charge in [-0.2, -0.15) is 0 Å². The van der Waals surface area contributed by atoms with E-state index in [1.54, 1.807) is 6.08 Å². The lowest BCUT2D eigenvalue weighted by atomic mass is 9.92. The van der Waals surface area contributed by atoms with Crippen LogP contribution in [0.15, 0.2) is 11.8 Å². The summed E-state index contributed by atoms with van der Waals surface area (Å²) in [5.74, 6) is 0.149. The maximum absolute atomic E-state index is 11.7. The zero-order valence-corrected chi connectivity index (χ0v) is 12.2. The fraction of sp³-hybridized carbons (Fsp3) is 0.800. The Morgan fingerprint density at radius 3 is 2.44 bits per heavy atom. The van der Waals surface area contributed by atoms with Gasteiger partial charge in [0.1, 0.15) is 6.10 Å². The van der Waals surface area contributed by atoms with Gasteiger partial charge in [-0.25, -0.2) is 4.79 Å². The molecule has 0 aliphatic carbocycles. The Kier molecular flexibility index (Phi) is 6.23. The minimum absolute atomic E-state index is 0.0599. The summed E-state index contributed by atoms with van der Waals surface area (Å²) in [6.45, 7) is 10.5. The molecule has 1 heterocycles. The summed E-state index contributed by atoms with van der Waals surface area (Å²) < 4.78 is 5.47. The molecule has 0 fully saturated rings. The average Bonchev–Trinajstić information content (AvgIpc) is 2.36. The quantitative estimate of drug-likeness (QED) is 0.515. The minimum atomic E-state index is -0.170. The topological polar surface area (TPSA) is 29.5 Å². The summed E-state index contributed by atoms with van der Waals surface area (Å²) in [6.07, 6.45) is 6.28. The molecule has 1 rings (SSSR count). The molecule has 2 unspecified atom stereocenters. The van der Waals surface area contributed by atoms with Gasteiger partial charge >= 0.3 is 5.97 Å². The Bertz CT molecular complexity index is 295. The molecule has 0 N–H and O–H groups in total. The smallest absolute Gasteiger partial charge is 0.332 e. The summed E-state index contributed by atoms with van der Waals surface area (Å²) in [5.41, 5.74) is 1.15. The van der Waals surface area contributed by atoms with E-state index in [-0.39, 0.29) is 12.1 Å². The van der Waals surface area contributed by atoms with E-state index in [9.17, 15) is 4.79 Å². The monoisotopic (exact) mass is 253 g/mol. The van der Waals surface area contributed by atoms with E-state index in [0.29, 0.717) is 5.92 Å². The van der Waals surface area contributed by atoms with E-state index < -0.39 is 0 Å². The van der Waals surface area contributed by atoms with Gasteiger partial charge in [0.25, 0.3) is 0 Å². The van der Waals surface area contributed by atoms with Crippen molar-refractivity contribution in [2.24, 2.45) is 5.92 Å². The molecule has 0 amide bonds. The molecule has 3 nitrogen and oxygen atoms in total. The van der Waals surface area contributed by atoms with E-state index in [1.165, 1.54) is 12.8 Å².